The molecule has 0 radical (unpaired) electrons. The Morgan fingerprint density at radius 1 is 1.32 bits per heavy atom. The fraction of sp³-hybridized carbons (Fsp3) is 0.333. The second-order valence-electron chi connectivity index (χ2n) is 5.29. The van der Waals surface area contributed by atoms with Crippen molar-refractivity contribution in [2.75, 3.05) is 0 Å². The van der Waals surface area contributed by atoms with Crippen LogP contribution in [0.2, 0.25) is 0 Å². The van der Waals surface area contributed by atoms with Gasteiger partial charge in [-0.3, -0.25) is 9.59 Å². The van der Waals surface area contributed by atoms with Gasteiger partial charge in [-0.25, -0.2) is 0 Å². The number of hydrogen-bond donors (Lipinski definition) is 2. The third-order valence-corrected chi connectivity index (χ3v) is 3.45. The lowest BCUT2D eigenvalue weighted by Crippen LogP contribution is -2.47. The molecular formula is C15H18N4O3. The van der Waals surface area contributed by atoms with Crippen LogP contribution in [0.25, 0.3) is 5.69 Å². The van der Waals surface area contributed by atoms with Crippen LogP contribution in [0, 0.1) is 0 Å². The summed E-state index contributed by atoms with van der Waals surface area (Å²) in [7, 11) is 0. The minimum atomic E-state index is -0.961. The van der Waals surface area contributed by atoms with E-state index in [-0.39, 0.29) is 12.1 Å². The summed E-state index contributed by atoms with van der Waals surface area (Å²) < 4.78 is 0. The van der Waals surface area contributed by atoms with Crippen LogP contribution in [0.1, 0.15) is 37.2 Å². The molecular weight excluding hydrogens is 284 g/mol. The Bertz CT molecular complexity index is 668. The molecule has 2 N–H and O–H groups in total. The number of hydrogen-bond acceptors (Lipinski definition) is 4. The zero-order valence-corrected chi connectivity index (χ0v) is 12.5. The van der Waals surface area contributed by atoms with Gasteiger partial charge in [-0.1, -0.05) is 25.1 Å². The van der Waals surface area contributed by atoms with E-state index in [4.69, 9.17) is 5.11 Å². The van der Waals surface area contributed by atoms with Crippen molar-refractivity contribution >= 4 is 11.9 Å². The number of carbonyl (C=O) groups is 2. The summed E-state index contributed by atoms with van der Waals surface area (Å²) in [6, 6.07) is 9.21. The number of benzene rings is 1. The molecule has 0 aliphatic rings. The molecule has 0 saturated carbocycles. The molecule has 7 heteroatoms. The highest BCUT2D eigenvalue weighted by Crippen LogP contribution is 2.15. The maximum atomic E-state index is 12.2. The van der Waals surface area contributed by atoms with Crippen LogP contribution in [-0.4, -0.2) is 37.5 Å². The fourth-order valence-electron chi connectivity index (χ4n) is 1.98. The smallest absolute Gasteiger partial charge is 0.305 e. The molecule has 116 valence electrons. The normalized spacial score (nSPS) is 13.4. The summed E-state index contributed by atoms with van der Waals surface area (Å²) in [6.45, 7) is 3.52. The standard InChI is InChI=1S/C15H18N4O3/c1-3-15(2,9-13(20)21)17-14(22)12-10-16-19(18-12)11-7-5-4-6-8-11/h4-8,10H,3,9H2,1-2H3,(H,17,22)(H,20,21). The van der Waals surface area contributed by atoms with Gasteiger partial charge < -0.3 is 10.4 Å². The van der Waals surface area contributed by atoms with Crippen molar-refractivity contribution < 1.29 is 14.7 Å². The van der Waals surface area contributed by atoms with Crippen LogP contribution in [0.3, 0.4) is 0 Å². The summed E-state index contributed by atoms with van der Waals surface area (Å²) in [5.41, 5.74) is 0.0682. The van der Waals surface area contributed by atoms with Gasteiger partial charge in [-0.05, 0) is 25.5 Å². The number of carboxylic acid groups (broad SMARTS) is 1. The van der Waals surface area contributed by atoms with Gasteiger partial charge in [0.25, 0.3) is 5.91 Å². The molecule has 1 aromatic heterocycles. The molecule has 22 heavy (non-hydrogen) atoms. The van der Waals surface area contributed by atoms with E-state index >= 15 is 0 Å². The first kappa shape index (κ1) is 15.7. The van der Waals surface area contributed by atoms with Crippen molar-refractivity contribution in [2.45, 2.75) is 32.2 Å². The third-order valence-electron chi connectivity index (χ3n) is 3.45. The summed E-state index contributed by atoms with van der Waals surface area (Å²) in [4.78, 5) is 24.5. The number of carbonyl (C=O) groups excluding carboxylic acids is 1. The average Bonchev–Trinajstić information content (AvgIpc) is 2.97. The van der Waals surface area contributed by atoms with E-state index in [1.54, 1.807) is 6.92 Å². The molecule has 0 saturated heterocycles. The number of amides is 1. The van der Waals surface area contributed by atoms with Crippen LogP contribution >= 0.6 is 0 Å². The topological polar surface area (TPSA) is 97.1 Å². The molecule has 1 heterocycles. The van der Waals surface area contributed by atoms with Gasteiger partial charge in [0.15, 0.2) is 5.69 Å². The minimum absolute atomic E-state index is 0.147. The molecule has 0 bridgehead atoms. The van der Waals surface area contributed by atoms with Gasteiger partial charge in [0.2, 0.25) is 0 Å². The lowest BCUT2D eigenvalue weighted by atomic mass is 9.94. The van der Waals surface area contributed by atoms with Gasteiger partial charge in [-0.15, -0.1) is 5.10 Å². The molecule has 0 aliphatic heterocycles. The van der Waals surface area contributed by atoms with Crippen LogP contribution in [0.15, 0.2) is 36.5 Å². The van der Waals surface area contributed by atoms with Crippen molar-refractivity contribution in [3.05, 3.63) is 42.2 Å². The van der Waals surface area contributed by atoms with Gasteiger partial charge in [-0.2, -0.15) is 9.90 Å². The highest BCUT2D eigenvalue weighted by molar-refractivity contribution is 5.92. The van der Waals surface area contributed by atoms with Crippen LogP contribution in [0.5, 0.6) is 0 Å². The average molecular weight is 302 g/mol. The SMILES string of the molecule is CCC(C)(CC(=O)O)NC(=O)c1cnn(-c2ccccc2)n1. The Labute approximate surface area is 128 Å². The van der Waals surface area contributed by atoms with E-state index in [1.165, 1.54) is 11.0 Å². The summed E-state index contributed by atoms with van der Waals surface area (Å²) in [5.74, 6) is -1.40. The first-order valence-corrected chi connectivity index (χ1v) is 6.95. The number of para-hydroxylation sites is 1. The molecule has 1 unspecified atom stereocenters. The first-order valence-electron chi connectivity index (χ1n) is 6.95. The van der Waals surface area contributed by atoms with E-state index < -0.39 is 17.4 Å². The molecule has 1 aromatic carbocycles. The van der Waals surface area contributed by atoms with Gasteiger partial charge in [0, 0.05) is 5.54 Å². The lowest BCUT2D eigenvalue weighted by Gasteiger charge is -2.27. The van der Waals surface area contributed by atoms with Crippen molar-refractivity contribution in [1.82, 2.24) is 20.3 Å². The van der Waals surface area contributed by atoms with Crippen molar-refractivity contribution in [3.63, 3.8) is 0 Å². The van der Waals surface area contributed by atoms with Crippen LogP contribution in [0.4, 0.5) is 0 Å². The number of aliphatic carboxylic acids is 1. The largest absolute Gasteiger partial charge is 0.481 e. The van der Waals surface area contributed by atoms with Gasteiger partial charge >= 0.3 is 5.97 Å². The Kier molecular flexibility index (Phi) is 4.55. The molecule has 7 nitrogen and oxygen atoms in total. The lowest BCUT2D eigenvalue weighted by molar-refractivity contribution is -0.138. The van der Waals surface area contributed by atoms with E-state index in [2.05, 4.69) is 15.5 Å². The number of aromatic nitrogens is 3. The molecule has 2 rings (SSSR count). The van der Waals surface area contributed by atoms with E-state index in [1.807, 2.05) is 37.3 Å². The first-order chi connectivity index (χ1) is 10.4. The minimum Gasteiger partial charge on any atom is -0.481 e. The Morgan fingerprint density at radius 2 is 2.00 bits per heavy atom. The number of carboxylic acids is 1. The van der Waals surface area contributed by atoms with Crippen molar-refractivity contribution in [2.24, 2.45) is 0 Å². The Morgan fingerprint density at radius 3 is 2.59 bits per heavy atom. The fourth-order valence-corrected chi connectivity index (χ4v) is 1.98. The van der Waals surface area contributed by atoms with Crippen LogP contribution in [-0.2, 0) is 4.79 Å². The third kappa shape index (κ3) is 3.69. The molecule has 1 atom stereocenters. The monoisotopic (exact) mass is 302 g/mol. The summed E-state index contributed by atoms with van der Waals surface area (Å²) in [6.07, 6.45) is 1.71. The predicted molar refractivity (Wildman–Crippen MR) is 79.8 cm³/mol. The highest BCUT2D eigenvalue weighted by Gasteiger charge is 2.28. The number of nitrogens with one attached hydrogen (secondary N) is 1. The van der Waals surface area contributed by atoms with E-state index in [0.717, 1.165) is 5.69 Å². The number of nitrogens with zero attached hydrogens (tertiary/aromatic N) is 3. The zero-order valence-electron chi connectivity index (χ0n) is 12.5. The second-order valence-corrected chi connectivity index (χ2v) is 5.29. The summed E-state index contributed by atoms with van der Waals surface area (Å²) in [5, 5.41) is 19.8. The Hall–Kier alpha value is -2.70. The quantitative estimate of drug-likeness (QED) is 0.845. The van der Waals surface area contributed by atoms with Crippen molar-refractivity contribution in [3.8, 4) is 5.69 Å². The van der Waals surface area contributed by atoms with Gasteiger partial charge in [0.05, 0.1) is 18.3 Å². The molecule has 0 spiro atoms. The Balaban J connectivity index is 2.14. The molecule has 1 amide bonds. The maximum Gasteiger partial charge on any atom is 0.305 e. The molecule has 0 aliphatic carbocycles. The van der Waals surface area contributed by atoms with E-state index in [0.29, 0.717) is 6.42 Å². The molecule has 2 aromatic rings. The predicted octanol–water partition coefficient (Wildman–Crippen LogP) is 1.64. The second kappa shape index (κ2) is 6.38. The van der Waals surface area contributed by atoms with E-state index in [9.17, 15) is 9.59 Å². The van der Waals surface area contributed by atoms with Crippen LogP contribution < -0.4 is 5.32 Å². The highest BCUT2D eigenvalue weighted by atomic mass is 16.4. The zero-order chi connectivity index (χ0) is 16.2. The maximum absolute atomic E-state index is 12.2. The van der Waals surface area contributed by atoms with Crippen molar-refractivity contribution in [1.29, 1.82) is 0 Å². The number of rotatable bonds is 6. The summed E-state index contributed by atoms with van der Waals surface area (Å²) >= 11 is 0. The molecule has 0 fully saturated rings. The van der Waals surface area contributed by atoms with Gasteiger partial charge in [0.1, 0.15) is 0 Å².